The van der Waals surface area contributed by atoms with Crippen molar-refractivity contribution in [2.24, 2.45) is 0 Å². The Bertz CT molecular complexity index is 930. The number of halogens is 4. The van der Waals surface area contributed by atoms with Crippen LogP contribution in [0.3, 0.4) is 0 Å². The highest BCUT2D eigenvalue weighted by Gasteiger charge is 2.58. The average Bonchev–Trinajstić information content (AvgIpc) is 3.25. The van der Waals surface area contributed by atoms with Gasteiger partial charge in [0.2, 0.25) is 0 Å². The lowest BCUT2D eigenvalue weighted by atomic mass is 10.0. The van der Waals surface area contributed by atoms with E-state index in [1.54, 1.807) is 6.07 Å². The molecule has 2 aliphatic rings. The predicted molar refractivity (Wildman–Crippen MR) is 92.6 cm³/mol. The molecule has 1 fully saturated rings. The number of nitrogens with zero attached hydrogens (tertiary/aromatic N) is 3. The Kier molecular flexibility index (Phi) is 4.76. The van der Waals surface area contributed by atoms with Crippen LogP contribution in [0.5, 0.6) is 5.75 Å². The molecule has 1 N–H and O–H groups in total. The molecule has 1 aliphatic carbocycles. The molecule has 2 atom stereocenters. The van der Waals surface area contributed by atoms with Gasteiger partial charge in [-0.1, -0.05) is 6.07 Å². The number of alkyl halides is 3. The Morgan fingerprint density at radius 1 is 1.28 bits per heavy atom. The number of fused-ring (bicyclic) bond motifs is 1. The SMILES string of the molecule is O=C1c2cc(COc3cccc(F)c3)nn2CCN1C1CC[C@@](O)(C(F)(F)F)C1. The van der Waals surface area contributed by atoms with Crippen LogP contribution in [0.2, 0.25) is 0 Å². The van der Waals surface area contributed by atoms with Gasteiger partial charge in [-0.25, -0.2) is 4.39 Å². The Morgan fingerprint density at radius 3 is 2.76 bits per heavy atom. The molecule has 1 aliphatic heterocycles. The van der Waals surface area contributed by atoms with E-state index in [-0.39, 0.29) is 25.3 Å². The molecule has 1 aromatic heterocycles. The van der Waals surface area contributed by atoms with E-state index < -0.39 is 42.4 Å². The molecule has 0 saturated heterocycles. The maximum atomic E-state index is 13.2. The largest absolute Gasteiger partial charge is 0.487 e. The Hall–Kier alpha value is -2.62. The number of carbonyl (C=O) groups is 1. The van der Waals surface area contributed by atoms with Gasteiger partial charge in [0.15, 0.2) is 5.60 Å². The lowest BCUT2D eigenvalue weighted by Gasteiger charge is -2.34. The molecule has 6 nitrogen and oxygen atoms in total. The van der Waals surface area contributed by atoms with E-state index in [0.29, 0.717) is 18.0 Å². The van der Waals surface area contributed by atoms with Gasteiger partial charge < -0.3 is 14.7 Å². The van der Waals surface area contributed by atoms with E-state index >= 15 is 0 Å². The van der Waals surface area contributed by atoms with Crippen molar-refractivity contribution < 1.29 is 32.2 Å². The summed E-state index contributed by atoms with van der Waals surface area (Å²) in [5.74, 6) is -0.536. The van der Waals surface area contributed by atoms with Crippen molar-refractivity contribution in [1.29, 1.82) is 0 Å². The van der Waals surface area contributed by atoms with Crippen LogP contribution in [0, 0.1) is 5.82 Å². The summed E-state index contributed by atoms with van der Waals surface area (Å²) in [5, 5.41) is 14.2. The van der Waals surface area contributed by atoms with Gasteiger partial charge in [-0.2, -0.15) is 18.3 Å². The summed E-state index contributed by atoms with van der Waals surface area (Å²) in [6, 6.07) is 6.47. The minimum atomic E-state index is -4.72. The normalized spacial score (nSPS) is 24.7. The molecule has 10 heteroatoms. The van der Waals surface area contributed by atoms with Gasteiger partial charge >= 0.3 is 6.18 Å². The zero-order valence-corrected chi connectivity index (χ0v) is 15.3. The molecule has 0 bridgehead atoms. The van der Waals surface area contributed by atoms with Crippen LogP contribution >= 0.6 is 0 Å². The number of hydrogen-bond acceptors (Lipinski definition) is 4. The fraction of sp³-hybridized carbons (Fsp3) is 0.474. The lowest BCUT2D eigenvalue weighted by Crippen LogP contribution is -2.48. The van der Waals surface area contributed by atoms with Crippen molar-refractivity contribution >= 4 is 5.91 Å². The first kappa shape index (κ1) is 19.7. The zero-order valence-electron chi connectivity index (χ0n) is 15.3. The number of benzene rings is 1. The summed E-state index contributed by atoms with van der Waals surface area (Å²) in [6.07, 6.45) is -5.57. The third-order valence-corrected chi connectivity index (χ3v) is 5.48. The van der Waals surface area contributed by atoms with Gasteiger partial charge in [-0.15, -0.1) is 0 Å². The van der Waals surface area contributed by atoms with E-state index in [1.165, 1.54) is 33.8 Å². The van der Waals surface area contributed by atoms with Gasteiger partial charge in [-0.3, -0.25) is 9.48 Å². The highest BCUT2D eigenvalue weighted by Crippen LogP contribution is 2.44. The van der Waals surface area contributed by atoms with Crippen LogP contribution in [0.15, 0.2) is 30.3 Å². The Morgan fingerprint density at radius 2 is 2.07 bits per heavy atom. The molecule has 2 heterocycles. The van der Waals surface area contributed by atoms with Gasteiger partial charge in [0.1, 0.15) is 29.6 Å². The first-order chi connectivity index (χ1) is 13.7. The number of ether oxygens (including phenoxy) is 1. The van der Waals surface area contributed by atoms with E-state index in [9.17, 15) is 27.5 Å². The van der Waals surface area contributed by atoms with Crippen molar-refractivity contribution in [3.8, 4) is 5.75 Å². The standard InChI is InChI=1S/C19H19F4N3O3/c20-12-2-1-3-15(8-12)29-11-13-9-16-17(27)25(6-7-26(16)24-13)14-4-5-18(28,10-14)19(21,22)23/h1-3,8-9,14,28H,4-7,10-11H2/t14?,18-/m0/s1. The quantitative estimate of drug-likeness (QED) is 0.783. The van der Waals surface area contributed by atoms with Crippen LogP contribution in [0.25, 0.3) is 0 Å². The summed E-state index contributed by atoms with van der Waals surface area (Å²) in [7, 11) is 0. The van der Waals surface area contributed by atoms with Crippen LogP contribution in [0.1, 0.15) is 35.4 Å². The predicted octanol–water partition coefficient (Wildman–Crippen LogP) is 2.90. The number of amides is 1. The molecule has 4 rings (SSSR count). The second kappa shape index (κ2) is 7.01. The van der Waals surface area contributed by atoms with E-state index in [4.69, 9.17) is 4.74 Å². The Labute approximate surface area is 163 Å². The number of rotatable bonds is 4. The number of aliphatic hydroxyl groups is 1. The molecule has 0 spiro atoms. The van der Waals surface area contributed by atoms with Gasteiger partial charge in [-0.05, 0) is 31.0 Å². The van der Waals surface area contributed by atoms with Gasteiger partial charge in [0.05, 0.1) is 6.54 Å². The van der Waals surface area contributed by atoms with Crippen LogP contribution in [0.4, 0.5) is 17.6 Å². The van der Waals surface area contributed by atoms with Crippen molar-refractivity contribution in [1.82, 2.24) is 14.7 Å². The highest BCUT2D eigenvalue weighted by atomic mass is 19.4. The molecule has 1 saturated carbocycles. The monoisotopic (exact) mass is 413 g/mol. The fourth-order valence-corrected chi connectivity index (χ4v) is 3.92. The van der Waals surface area contributed by atoms with Crippen molar-refractivity contribution in [2.45, 2.75) is 50.2 Å². The van der Waals surface area contributed by atoms with Crippen molar-refractivity contribution in [3.63, 3.8) is 0 Å². The topological polar surface area (TPSA) is 67.6 Å². The van der Waals surface area contributed by atoms with Crippen LogP contribution in [-0.4, -0.2) is 50.1 Å². The number of aromatic nitrogens is 2. The first-order valence-electron chi connectivity index (χ1n) is 9.21. The summed E-state index contributed by atoms with van der Waals surface area (Å²) in [5.41, 5.74) is -2.03. The number of hydrogen-bond donors (Lipinski definition) is 1. The minimum absolute atomic E-state index is 0.0218. The molecule has 0 radical (unpaired) electrons. The molecule has 1 aromatic carbocycles. The molecular weight excluding hydrogens is 394 g/mol. The van der Waals surface area contributed by atoms with Crippen LogP contribution in [-0.2, 0) is 13.2 Å². The molecule has 156 valence electrons. The molecule has 1 amide bonds. The summed E-state index contributed by atoms with van der Waals surface area (Å²) < 4.78 is 59.4. The second-order valence-electron chi connectivity index (χ2n) is 7.41. The second-order valence-corrected chi connectivity index (χ2v) is 7.41. The first-order valence-corrected chi connectivity index (χ1v) is 9.21. The van der Waals surface area contributed by atoms with Gasteiger partial charge in [0, 0.05) is 25.1 Å². The maximum Gasteiger partial charge on any atom is 0.417 e. The van der Waals surface area contributed by atoms with Crippen LogP contribution < -0.4 is 4.74 Å². The van der Waals surface area contributed by atoms with Crippen molar-refractivity contribution in [3.05, 3.63) is 47.5 Å². The van der Waals surface area contributed by atoms with Gasteiger partial charge in [0.25, 0.3) is 5.91 Å². The van der Waals surface area contributed by atoms with E-state index in [1.807, 2.05) is 0 Å². The summed E-state index contributed by atoms with van der Waals surface area (Å²) in [4.78, 5) is 14.2. The summed E-state index contributed by atoms with van der Waals surface area (Å²) in [6.45, 7) is 0.576. The summed E-state index contributed by atoms with van der Waals surface area (Å²) >= 11 is 0. The number of carbonyl (C=O) groups excluding carboxylic acids is 1. The highest BCUT2D eigenvalue weighted by molar-refractivity contribution is 5.93. The maximum absolute atomic E-state index is 13.2. The third-order valence-electron chi connectivity index (χ3n) is 5.48. The Balaban J connectivity index is 1.45. The lowest BCUT2D eigenvalue weighted by molar-refractivity contribution is -0.258. The average molecular weight is 413 g/mol. The minimum Gasteiger partial charge on any atom is -0.487 e. The molecular formula is C19H19F4N3O3. The molecule has 29 heavy (non-hydrogen) atoms. The zero-order chi connectivity index (χ0) is 20.8. The van der Waals surface area contributed by atoms with E-state index in [0.717, 1.165) is 0 Å². The van der Waals surface area contributed by atoms with E-state index in [2.05, 4.69) is 5.10 Å². The molecule has 2 aromatic rings. The van der Waals surface area contributed by atoms with Crippen molar-refractivity contribution in [2.75, 3.05) is 6.54 Å². The third kappa shape index (κ3) is 3.68. The molecule has 1 unspecified atom stereocenters. The fourth-order valence-electron chi connectivity index (χ4n) is 3.92. The smallest absolute Gasteiger partial charge is 0.417 e.